The molecule has 0 N–H and O–H groups in total. The summed E-state index contributed by atoms with van der Waals surface area (Å²) in [7, 11) is 0. The van der Waals surface area contributed by atoms with Gasteiger partial charge in [0.25, 0.3) is 0 Å². The highest BCUT2D eigenvalue weighted by atomic mass is 27.0. The number of rotatable bonds is 5. The summed E-state index contributed by atoms with van der Waals surface area (Å²) in [5.74, 6) is 0.773. The average Bonchev–Trinajstić information content (AvgIpc) is 1.91. The molecule has 60 valence electrons. The fourth-order valence-electron chi connectivity index (χ4n) is 1.00. The van der Waals surface area contributed by atoms with Gasteiger partial charge in [0.05, 0.1) is 0 Å². The van der Waals surface area contributed by atoms with Gasteiger partial charge in [-0.2, -0.15) is 0 Å². The van der Waals surface area contributed by atoms with Crippen molar-refractivity contribution in [1.29, 1.82) is 0 Å². The minimum atomic E-state index is 0. The second kappa shape index (κ2) is 9.20. The quantitative estimate of drug-likeness (QED) is 0.434. The van der Waals surface area contributed by atoms with E-state index in [9.17, 15) is 4.79 Å². The average molecular weight is 158 g/mol. The van der Waals surface area contributed by atoms with Crippen LogP contribution in [0.3, 0.4) is 0 Å². The Balaban J connectivity index is 0. The molecule has 0 saturated heterocycles. The molecule has 0 aromatic heterocycles. The van der Waals surface area contributed by atoms with Gasteiger partial charge in [-0.3, -0.25) is 0 Å². The molecule has 0 saturated carbocycles. The molecule has 0 fully saturated rings. The molecule has 0 heterocycles. The van der Waals surface area contributed by atoms with Crippen LogP contribution < -0.4 is 0 Å². The van der Waals surface area contributed by atoms with Crippen LogP contribution in [0.4, 0.5) is 0 Å². The van der Waals surface area contributed by atoms with Crippen molar-refractivity contribution < 1.29 is 4.79 Å². The molecular formula is C8H19AlO. The van der Waals surface area contributed by atoms with Gasteiger partial charge in [0.1, 0.15) is 6.29 Å². The van der Waals surface area contributed by atoms with Crippen molar-refractivity contribution in [3.05, 3.63) is 0 Å². The molecule has 1 nitrogen and oxygen atoms in total. The highest BCUT2D eigenvalue weighted by Gasteiger charge is 2.00. The summed E-state index contributed by atoms with van der Waals surface area (Å²) >= 11 is 0. The number of hydrogen-bond acceptors (Lipinski definition) is 1. The first-order valence-corrected chi connectivity index (χ1v) is 3.78. The van der Waals surface area contributed by atoms with E-state index in [0.29, 0.717) is 0 Å². The third-order valence-electron chi connectivity index (χ3n) is 1.85. The van der Waals surface area contributed by atoms with E-state index in [4.69, 9.17) is 0 Å². The summed E-state index contributed by atoms with van der Waals surface area (Å²) < 4.78 is 0. The number of carbonyl (C=O) groups excluding carboxylic acids is 1. The Morgan fingerprint density at radius 1 is 1.30 bits per heavy atom. The van der Waals surface area contributed by atoms with Crippen LogP contribution in [0.1, 0.15) is 39.5 Å². The lowest BCUT2D eigenvalue weighted by molar-refractivity contribution is -0.108. The molecule has 0 rings (SSSR count). The number of hydrogen-bond donors (Lipinski definition) is 0. The van der Waals surface area contributed by atoms with E-state index in [2.05, 4.69) is 13.8 Å². The monoisotopic (exact) mass is 158 g/mol. The fourth-order valence-corrected chi connectivity index (χ4v) is 1.00. The zero-order chi connectivity index (χ0) is 7.11. The molecule has 0 aliphatic rings. The smallest absolute Gasteiger partial charge is 0.187 e. The standard InChI is InChI=1S/C8H16O.Al.3H/c1-3-8(4-2)6-5-7-9;;;;/h7-8H,3-6H2,1-2H3;;;;. The van der Waals surface area contributed by atoms with Crippen LogP contribution in [0.15, 0.2) is 0 Å². The second-order valence-electron chi connectivity index (χ2n) is 2.43. The summed E-state index contributed by atoms with van der Waals surface area (Å²) in [5.41, 5.74) is 0. The van der Waals surface area contributed by atoms with Crippen LogP contribution >= 0.6 is 0 Å². The number of aldehydes is 1. The molecule has 0 aromatic carbocycles. The lowest BCUT2D eigenvalue weighted by Crippen LogP contribution is -1.96. The van der Waals surface area contributed by atoms with Gasteiger partial charge in [0.2, 0.25) is 0 Å². The van der Waals surface area contributed by atoms with E-state index in [1.54, 1.807) is 0 Å². The Bertz CT molecular complexity index is 69.7. The van der Waals surface area contributed by atoms with Crippen LogP contribution in [-0.2, 0) is 4.79 Å². The van der Waals surface area contributed by atoms with E-state index in [1.807, 2.05) is 0 Å². The van der Waals surface area contributed by atoms with Crippen LogP contribution in [0.2, 0.25) is 0 Å². The Morgan fingerprint density at radius 2 is 1.80 bits per heavy atom. The van der Waals surface area contributed by atoms with Crippen molar-refractivity contribution in [2.24, 2.45) is 5.92 Å². The second-order valence-corrected chi connectivity index (χ2v) is 2.43. The molecule has 0 aliphatic heterocycles. The lowest BCUT2D eigenvalue weighted by atomic mass is 9.98. The predicted octanol–water partition coefficient (Wildman–Crippen LogP) is 1.22. The molecule has 0 unspecified atom stereocenters. The Morgan fingerprint density at radius 3 is 2.10 bits per heavy atom. The van der Waals surface area contributed by atoms with Crippen molar-refractivity contribution in [3.8, 4) is 0 Å². The maximum atomic E-state index is 9.94. The SMILES string of the molecule is CCC(CC)CCC=O.[AlH3]. The van der Waals surface area contributed by atoms with E-state index < -0.39 is 0 Å². The fraction of sp³-hybridized carbons (Fsp3) is 0.875. The predicted molar refractivity (Wildman–Crippen MR) is 49.3 cm³/mol. The maximum absolute atomic E-state index is 9.94. The molecule has 10 heavy (non-hydrogen) atoms. The Hall–Kier alpha value is 0.202. The highest BCUT2D eigenvalue weighted by molar-refractivity contribution is 5.75. The summed E-state index contributed by atoms with van der Waals surface area (Å²) in [6.45, 7) is 4.36. The molecule has 0 atom stereocenters. The third-order valence-corrected chi connectivity index (χ3v) is 1.85. The van der Waals surface area contributed by atoms with Gasteiger partial charge in [-0.05, 0) is 12.3 Å². The van der Waals surface area contributed by atoms with Gasteiger partial charge < -0.3 is 4.79 Å². The first-order chi connectivity index (χ1) is 4.35. The Kier molecular flexibility index (Phi) is 11.8. The first kappa shape index (κ1) is 12.8. The molecule has 0 spiro atoms. The van der Waals surface area contributed by atoms with Gasteiger partial charge in [-0.15, -0.1) is 0 Å². The van der Waals surface area contributed by atoms with Gasteiger partial charge in [-0.25, -0.2) is 0 Å². The van der Waals surface area contributed by atoms with Crippen molar-refractivity contribution in [2.45, 2.75) is 39.5 Å². The minimum absolute atomic E-state index is 0. The molecule has 0 bridgehead atoms. The highest BCUT2D eigenvalue weighted by Crippen LogP contribution is 2.12. The van der Waals surface area contributed by atoms with Gasteiger partial charge in [0.15, 0.2) is 17.4 Å². The van der Waals surface area contributed by atoms with Crippen molar-refractivity contribution in [3.63, 3.8) is 0 Å². The van der Waals surface area contributed by atoms with E-state index in [0.717, 1.165) is 25.0 Å². The van der Waals surface area contributed by atoms with Crippen LogP contribution in [-0.4, -0.2) is 23.6 Å². The maximum Gasteiger partial charge on any atom is 0.187 e. The molecule has 0 radical (unpaired) electrons. The van der Waals surface area contributed by atoms with Crippen molar-refractivity contribution >= 4 is 23.6 Å². The topological polar surface area (TPSA) is 17.1 Å². The lowest BCUT2D eigenvalue weighted by Gasteiger charge is -2.07. The Labute approximate surface area is 74.3 Å². The van der Waals surface area contributed by atoms with Crippen molar-refractivity contribution in [1.82, 2.24) is 0 Å². The zero-order valence-corrected chi connectivity index (χ0v) is 6.39. The van der Waals surface area contributed by atoms with Crippen LogP contribution in [0, 0.1) is 5.92 Å². The summed E-state index contributed by atoms with van der Waals surface area (Å²) in [5, 5.41) is 0. The van der Waals surface area contributed by atoms with E-state index in [1.165, 1.54) is 12.8 Å². The van der Waals surface area contributed by atoms with Gasteiger partial charge in [-0.1, -0.05) is 26.7 Å². The van der Waals surface area contributed by atoms with Crippen molar-refractivity contribution in [2.75, 3.05) is 0 Å². The molecule has 0 aromatic rings. The largest absolute Gasteiger partial charge is 0.303 e. The van der Waals surface area contributed by atoms with Crippen LogP contribution in [0.5, 0.6) is 0 Å². The zero-order valence-electron chi connectivity index (χ0n) is 6.39. The van der Waals surface area contributed by atoms with Gasteiger partial charge in [0, 0.05) is 6.42 Å². The minimum Gasteiger partial charge on any atom is -0.303 e. The number of carbonyl (C=O) groups is 1. The molecule has 0 amide bonds. The molecular weight excluding hydrogens is 139 g/mol. The normalized spacial score (nSPS) is 9.10. The third kappa shape index (κ3) is 6.32. The van der Waals surface area contributed by atoms with Crippen LogP contribution in [0.25, 0.3) is 0 Å². The first-order valence-electron chi connectivity index (χ1n) is 3.78. The summed E-state index contributed by atoms with van der Waals surface area (Å²) in [6.07, 6.45) is 5.26. The molecule has 2 heteroatoms. The summed E-state index contributed by atoms with van der Waals surface area (Å²) in [6, 6.07) is 0. The molecule has 0 aliphatic carbocycles. The van der Waals surface area contributed by atoms with E-state index >= 15 is 0 Å². The summed E-state index contributed by atoms with van der Waals surface area (Å²) in [4.78, 5) is 9.94. The van der Waals surface area contributed by atoms with E-state index in [-0.39, 0.29) is 17.4 Å². The van der Waals surface area contributed by atoms with Gasteiger partial charge >= 0.3 is 0 Å².